The highest BCUT2D eigenvalue weighted by Gasteiger charge is 2.16. The summed E-state index contributed by atoms with van der Waals surface area (Å²) in [4.78, 5) is 0. The topological polar surface area (TPSA) is 21.3 Å². The molecule has 2 aromatic carbocycles. The summed E-state index contributed by atoms with van der Waals surface area (Å²) in [7, 11) is 1.77. The maximum atomic E-state index is 14.0. The third-order valence-corrected chi connectivity index (χ3v) is 3.78. The van der Waals surface area contributed by atoms with Gasteiger partial charge in [0.15, 0.2) is 0 Å². The molecule has 2 rings (SSSR count). The molecule has 0 aromatic heterocycles. The van der Waals surface area contributed by atoms with Crippen LogP contribution in [0, 0.1) is 5.82 Å². The fourth-order valence-corrected chi connectivity index (χ4v) is 2.56. The first kappa shape index (κ1) is 15.3. The average Bonchev–Trinajstić information content (AvgIpc) is 2.41. The summed E-state index contributed by atoms with van der Waals surface area (Å²) in [6.07, 6.45) is 0. The number of hydrogen-bond acceptors (Lipinski definition) is 2. The molecule has 2 aromatic rings. The molecule has 0 saturated heterocycles. The van der Waals surface area contributed by atoms with Gasteiger partial charge in [-0.05, 0) is 44.3 Å². The van der Waals surface area contributed by atoms with E-state index in [0.29, 0.717) is 22.1 Å². The van der Waals surface area contributed by atoms with Crippen molar-refractivity contribution in [3.63, 3.8) is 0 Å². The Balaban J connectivity index is 2.40. The van der Waals surface area contributed by atoms with Crippen LogP contribution in [0.15, 0.2) is 40.9 Å². The SMILES string of the molecule is CNC(C)c1c(F)cccc1Oc1ccc(Br)cc1Cl. The Morgan fingerprint density at radius 3 is 2.65 bits per heavy atom. The van der Waals surface area contributed by atoms with Gasteiger partial charge in [-0.2, -0.15) is 0 Å². The molecular formula is C15H14BrClFNO. The van der Waals surface area contributed by atoms with Gasteiger partial charge in [0.25, 0.3) is 0 Å². The van der Waals surface area contributed by atoms with E-state index in [1.54, 1.807) is 31.3 Å². The average molecular weight is 359 g/mol. The van der Waals surface area contributed by atoms with Crippen molar-refractivity contribution in [1.82, 2.24) is 5.32 Å². The first-order valence-corrected chi connectivity index (χ1v) is 7.28. The van der Waals surface area contributed by atoms with Gasteiger partial charge in [-0.25, -0.2) is 4.39 Å². The van der Waals surface area contributed by atoms with Crippen LogP contribution in [0.3, 0.4) is 0 Å². The highest BCUT2D eigenvalue weighted by Crippen LogP contribution is 2.35. The molecule has 0 heterocycles. The maximum absolute atomic E-state index is 14.0. The van der Waals surface area contributed by atoms with Crippen LogP contribution in [0.4, 0.5) is 4.39 Å². The zero-order valence-corrected chi connectivity index (χ0v) is 13.4. The van der Waals surface area contributed by atoms with Crippen LogP contribution in [0.25, 0.3) is 0 Å². The summed E-state index contributed by atoms with van der Waals surface area (Å²) in [5, 5.41) is 3.48. The smallest absolute Gasteiger partial charge is 0.146 e. The van der Waals surface area contributed by atoms with Crippen LogP contribution < -0.4 is 10.1 Å². The first-order valence-electron chi connectivity index (χ1n) is 6.11. The van der Waals surface area contributed by atoms with Crippen molar-refractivity contribution in [3.05, 3.63) is 57.3 Å². The molecular weight excluding hydrogens is 345 g/mol. The fraction of sp³-hybridized carbons (Fsp3) is 0.200. The quantitative estimate of drug-likeness (QED) is 0.799. The van der Waals surface area contributed by atoms with E-state index in [0.717, 1.165) is 4.47 Å². The number of benzene rings is 2. The Morgan fingerprint density at radius 1 is 1.25 bits per heavy atom. The summed E-state index contributed by atoms with van der Waals surface area (Å²) in [5.41, 5.74) is 0.481. The Hall–Kier alpha value is -1.10. The van der Waals surface area contributed by atoms with E-state index in [1.807, 2.05) is 13.0 Å². The van der Waals surface area contributed by atoms with E-state index in [9.17, 15) is 4.39 Å². The molecule has 2 nitrogen and oxygen atoms in total. The summed E-state index contributed by atoms with van der Waals surface area (Å²) in [5.74, 6) is 0.638. The maximum Gasteiger partial charge on any atom is 0.146 e. The minimum absolute atomic E-state index is 0.166. The van der Waals surface area contributed by atoms with Crippen molar-refractivity contribution in [3.8, 4) is 11.5 Å². The number of rotatable bonds is 4. The van der Waals surface area contributed by atoms with Crippen LogP contribution in [0.1, 0.15) is 18.5 Å². The fourth-order valence-electron chi connectivity index (χ4n) is 1.85. The highest BCUT2D eigenvalue weighted by atomic mass is 79.9. The van der Waals surface area contributed by atoms with Gasteiger partial charge in [0.05, 0.1) is 5.02 Å². The Kier molecular flexibility index (Phi) is 5.02. The van der Waals surface area contributed by atoms with Gasteiger partial charge in [0, 0.05) is 16.1 Å². The van der Waals surface area contributed by atoms with Gasteiger partial charge < -0.3 is 10.1 Å². The van der Waals surface area contributed by atoms with E-state index >= 15 is 0 Å². The molecule has 1 atom stereocenters. The van der Waals surface area contributed by atoms with Gasteiger partial charge in [-0.15, -0.1) is 0 Å². The second kappa shape index (κ2) is 6.57. The molecule has 0 aliphatic rings. The molecule has 106 valence electrons. The lowest BCUT2D eigenvalue weighted by molar-refractivity contribution is 0.452. The lowest BCUT2D eigenvalue weighted by Crippen LogP contribution is -2.15. The van der Waals surface area contributed by atoms with Gasteiger partial charge in [-0.3, -0.25) is 0 Å². The van der Waals surface area contributed by atoms with Crippen molar-refractivity contribution >= 4 is 27.5 Å². The molecule has 0 aliphatic carbocycles. The zero-order valence-electron chi connectivity index (χ0n) is 11.1. The summed E-state index contributed by atoms with van der Waals surface area (Å²) >= 11 is 9.45. The van der Waals surface area contributed by atoms with Crippen molar-refractivity contribution in [2.24, 2.45) is 0 Å². The Morgan fingerprint density at radius 2 is 2.00 bits per heavy atom. The van der Waals surface area contributed by atoms with Crippen LogP contribution in [0.2, 0.25) is 5.02 Å². The van der Waals surface area contributed by atoms with Gasteiger partial charge >= 0.3 is 0 Å². The van der Waals surface area contributed by atoms with E-state index in [1.165, 1.54) is 6.07 Å². The van der Waals surface area contributed by atoms with Crippen LogP contribution in [-0.4, -0.2) is 7.05 Å². The zero-order chi connectivity index (χ0) is 14.7. The Labute approximate surface area is 131 Å². The number of hydrogen-bond donors (Lipinski definition) is 1. The first-order chi connectivity index (χ1) is 9.52. The van der Waals surface area contributed by atoms with Gasteiger partial charge in [0.1, 0.15) is 17.3 Å². The van der Waals surface area contributed by atoms with Gasteiger partial charge in [0.2, 0.25) is 0 Å². The van der Waals surface area contributed by atoms with E-state index in [-0.39, 0.29) is 11.9 Å². The van der Waals surface area contributed by atoms with Crippen LogP contribution in [-0.2, 0) is 0 Å². The van der Waals surface area contributed by atoms with E-state index in [4.69, 9.17) is 16.3 Å². The van der Waals surface area contributed by atoms with Gasteiger partial charge in [-0.1, -0.05) is 33.6 Å². The minimum atomic E-state index is -0.308. The lowest BCUT2D eigenvalue weighted by Gasteiger charge is -2.17. The van der Waals surface area contributed by atoms with Crippen LogP contribution >= 0.6 is 27.5 Å². The predicted molar refractivity (Wildman–Crippen MR) is 83.1 cm³/mol. The summed E-state index contributed by atoms with van der Waals surface area (Å²) in [6, 6.07) is 9.89. The third kappa shape index (κ3) is 3.32. The monoisotopic (exact) mass is 357 g/mol. The van der Waals surface area contributed by atoms with E-state index in [2.05, 4.69) is 21.2 Å². The molecule has 0 bridgehead atoms. The normalized spacial score (nSPS) is 12.2. The molecule has 0 saturated carbocycles. The summed E-state index contributed by atoms with van der Waals surface area (Å²) < 4.78 is 20.6. The van der Waals surface area contributed by atoms with Crippen molar-refractivity contribution in [2.45, 2.75) is 13.0 Å². The minimum Gasteiger partial charge on any atom is -0.455 e. The third-order valence-electron chi connectivity index (χ3n) is 2.99. The standard InChI is InChI=1S/C15H14BrClFNO/c1-9(19-2)15-12(18)4-3-5-14(15)20-13-7-6-10(16)8-11(13)17/h3-9,19H,1-2H3. The number of nitrogens with one attached hydrogen (secondary N) is 1. The molecule has 0 amide bonds. The summed E-state index contributed by atoms with van der Waals surface area (Å²) in [6.45, 7) is 1.87. The molecule has 1 N–H and O–H groups in total. The molecule has 1 unspecified atom stereocenters. The van der Waals surface area contributed by atoms with Crippen molar-refractivity contribution < 1.29 is 9.13 Å². The molecule has 0 fully saturated rings. The highest BCUT2D eigenvalue weighted by molar-refractivity contribution is 9.10. The second-order valence-corrected chi connectivity index (χ2v) is 5.66. The molecule has 0 spiro atoms. The molecule has 20 heavy (non-hydrogen) atoms. The largest absolute Gasteiger partial charge is 0.455 e. The molecule has 0 radical (unpaired) electrons. The van der Waals surface area contributed by atoms with Crippen LogP contribution in [0.5, 0.6) is 11.5 Å². The van der Waals surface area contributed by atoms with Crippen molar-refractivity contribution in [2.75, 3.05) is 7.05 Å². The second-order valence-electron chi connectivity index (χ2n) is 4.34. The number of ether oxygens (including phenoxy) is 1. The molecule has 5 heteroatoms. The van der Waals surface area contributed by atoms with Crippen molar-refractivity contribution in [1.29, 1.82) is 0 Å². The predicted octanol–water partition coefficient (Wildman–Crippen LogP) is 5.31. The van der Waals surface area contributed by atoms with E-state index < -0.39 is 0 Å². The lowest BCUT2D eigenvalue weighted by atomic mass is 10.1. The number of halogens is 3. The molecule has 0 aliphatic heterocycles. The Bertz CT molecular complexity index is 621.